The molecule has 0 aromatic carbocycles. The zero-order chi connectivity index (χ0) is 26.3. The number of amides is 1. The van der Waals surface area contributed by atoms with Gasteiger partial charge in [-0.15, -0.1) is 10.2 Å². The van der Waals surface area contributed by atoms with Crippen molar-refractivity contribution in [2.24, 2.45) is 0 Å². The maximum absolute atomic E-state index is 12.9. The number of hydrogen-bond donors (Lipinski definition) is 1. The summed E-state index contributed by atoms with van der Waals surface area (Å²) in [6.45, 7) is 7.62. The molecule has 12 nitrogen and oxygen atoms in total. The molecule has 0 aliphatic carbocycles. The normalized spacial score (nSPS) is 13.6. The highest BCUT2D eigenvalue weighted by Crippen LogP contribution is 2.22. The zero-order valence-electron chi connectivity index (χ0n) is 21.3. The van der Waals surface area contributed by atoms with Crippen LogP contribution in [-0.4, -0.2) is 71.7 Å². The molecule has 0 saturated carbocycles. The summed E-state index contributed by atoms with van der Waals surface area (Å²) in [6.07, 6.45) is 7.19. The van der Waals surface area contributed by atoms with Crippen LogP contribution >= 0.6 is 0 Å². The number of pyridine rings is 2. The Morgan fingerprint density at radius 1 is 1.08 bits per heavy atom. The van der Waals surface area contributed by atoms with Crippen molar-refractivity contribution >= 4 is 11.7 Å². The number of carbonyl (C=O) groups excluding carboxylic acids is 1. The Balaban J connectivity index is 1.22. The molecule has 1 aliphatic rings. The van der Waals surface area contributed by atoms with Gasteiger partial charge in [-0.1, -0.05) is 6.07 Å². The average Bonchev–Trinajstić information content (AvgIpc) is 3.62. The SMILES string of the molecule is CC(C)n1cnnc1-c1cccc(NC(=O)c2cc(Oc3ccnc(OCCN4CCCC4)n3)ccn2)n1. The number of nitrogens with one attached hydrogen (secondary N) is 1. The summed E-state index contributed by atoms with van der Waals surface area (Å²) >= 11 is 0. The van der Waals surface area contributed by atoms with Crippen LogP contribution < -0.4 is 14.8 Å². The first-order chi connectivity index (χ1) is 18.5. The Morgan fingerprint density at radius 2 is 1.92 bits per heavy atom. The molecular weight excluding hydrogens is 486 g/mol. The smallest absolute Gasteiger partial charge is 0.319 e. The molecule has 1 aliphatic heterocycles. The van der Waals surface area contributed by atoms with Gasteiger partial charge >= 0.3 is 6.01 Å². The lowest BCUT2D eigenvalue weighted by Gasteiger charge is -2.14. The lowest BCUT2D eigenvalue weighted by Crippen LogP contribution is -2.25. The zero-order valence-corrected chi connectivity index (χ0v) is 21.3. The maximum atomic E-state index is 12.9. The lowest BCUT2D eigenvalue weighted by atomic mass is 10.3. The van der Waals surface area contributed by atoms with Crippen LogP contribution in [0.15, 0.2) is 55.1 Å². The third-order valence-corrected chi connectivity index (χ3v) is 5.98. The minimum Gasteiger partial charge on any atom is -0.462 e. The molecule has 12 heteroatoms. The highest BCUT2D eigenvalue weighted by molar-refractivity contribution is 6.02. The first-order valence-electron chi connectivity index (χ1n) is 12.6. The standard InChI is InChI=1S/C26H29N9O3/c1-18(2)35-17-29-33-24(35)20-6-5-7-22(30-20)31-25(36)21-16-19(8-10-27-21)38-23-9-11-28-26(32-23)37-15-14-34-12-3-4-13-34/h5-11,16-18H,3-4,12-15H2,1-2H3,(H,30,31,36). The van der Waals surface area contributed by atoms with Gasteiger partial charge in [0.2, 0.25) is 5.88 Å². The van der Waals surface area contributed by atoms with Gasteiger partial charge in [-0.25, -0.2) is 9.97 Å². The van der Waals surface area contributed by atoms with E-state index in [-0.39, 0.29) is 17.7 Å². The van der Waals surface area contributed by atoms with Gasteiger partial charge < -0.3 is 19.4 Å². The molecule has 1 fully saturated rings. The third kappa shape index (κ3) is 6.27. The summed E-state index contributed by atoms with van der Waals surface area (Å²) in [5, 5.41) is 10.9. The van der Waals surface area contributed by atoms with Crippen LogP contribution in [0, 0.1) is 0 Å². The second kappa shape index (κ2) is 11.7. The van der Waals surface area contributed by atoms with E-state index in [1.54, 1.807) is 36.8 Å². The Labute approximate surface area is 220 Å². The molecule has 1 amide bonds. The number of anilines is 1. The van der Waals surface area contributed by atoms with Crippen LogP contribution in [0.3, 0.4) is 0 Å². The Hall–Kier alpha value is -4.45. The van der Waals surface area contributed by atoms with Crippen LogP contribution in [0.2, 0.25) is 0 Å². The van der Waals surface area contributed by atoms with Gasteiger partial charge in [-0.05, 0) is 58.0 Å². The summed E-state index contributed by atoms with van der Waals surface area (Å²) in [7, 11) is 0. The number of rotatable bonds is 10. The van der Waals surface area contributed by atoms with Crippen LogP contribution in [0.1, 0.15) is 43.2 Å². The maximum Gasteiger partial charge on any atom is 0.319 e. The molecule has 0 radical (unpaired) electrons. The number of hydrogen-bond acceptors (Lipinski definition) is 10. The molecule has 0 atom stereocenters. The van der Waals surface area contributed by atoms with Gasteiger partial charge in [-0.2, -0.15) is 4.98 Å². The number of nitrogens with zero attached hydrogens (tertiary/aromatic N) is 8. The van der Waals surface area contributed by atoms with Gasteiger partial charge in [0.15, 0.2) is 5.82 Å². The molecule has 1 saturated heterocycles. The molecule has 1 N–H and O–H groups in total. The lowest BCUT2D eigenvalue weighted by molar-refractivity contribution is 0.102. The van der Waals surface area contributed by atoms with Crippen molar-refractivity contribution in [2.75, 3.05) is 31.6 Å². The molecule has 0 spiro atoms. The second-order valence-corrected chi connectivity index (χ2v) is 9.07. The van der Waals surface area contributed by atoms with E-state index in [9.17, 15) is 4.79 Å². The van der Waals surface area contributed by atoms with Crippen molar-refractivity contribution in [1.82, 2.24) is 39.6 Å². The third-order valence-electron chi connectivity index (χ3n) is 5.98. The minimum absolute atomic E-state index is 0.163. The van der Waals surface area contributed by atoms with E-state index in [1.165, 1.54) is 25.1 Å². The predicted octanol–water partition coefficient (Wildman–Crippen LogP) is 3.63. The molecule has 0 unspecified atom stereocenters. The van der Waals surface area contributed by atoms with Crippen LogP contribution in [0.4, 0.5) is 5.82 Å². The fourth-order valence-corrected chi connectivity index (χ4v) is 4.06. The molecule has 0 bridgehead atoms. The summed E-state index contributed by atoms with van der Waals surface area (Å²) in [4.78, 5) is 32.4. The Bertz CT molecular complexity index is 1390. The highest BCUT2D eigenvalue weighted by atomic mass is 16.5. The van der Waals surface area contributed by atoms with Gasteiger partial charge in [-0.3, -0.25) is 14.7 Å². The monoisotopic (exact) mass is 515 g/mol. The predicted molar refractivity (Wildman–Crippen MR) is 139 cm³/mol. The van der Waals surface area contributed by atoms with Gasteiger partial charge in [0.25, 0.3) is 5.91 Å². The molecule has 5 heterocycles. The van der Waals surface area contributed by atoms with Crippen molar-refractivity contribution in [1.29, 1.82) is 0 Å². The van der Waals surface area contributed by atoms with Gasteiger partial charge in [0.05, 0.1) is 0 Å². The topological polar surface area (TPSA) is 133 Å². The molecule has 5 rings (SSSR count). The van der Waals surface area contributed by atoms with Crippen molar-refractivity contribution in [2.45, 2.75) is 32.7 Å². The Morgan fingerprint density at radius 3 is 2.76 bits per heavy atom. The van der Waals surface area contributed by atoms with E-state index in [4.69, 9.17) is 9.47 Å². The van der Waals surface area contributed by atoms with Crippen LogP contribution in [0.25, 0.3) is 11.5 Å². The summed E-state index contributed by atoms with van der Waals surface area (Å²) < 4.78 is 13.5. The van der Waals surface area contributed by atoms with E-state index in [0.717, 1.165) is 19.6 Å². The van der Waals surface area contributed by atoms with E-state index < -0.39 is 5.91 Å². The van der Waals surface area contributed by atoms with Crippen molar-refractivity contribution in [3.8, 4) is 29.2 Å². The number of carbonyl (C=O) groups is 1. The molecule has 38 heavy (non-hydrogen) atoms. The first kappa shape index (κ1) is 25.2. The molecular formula is C26H29N9O3. The quantitative estimate of drug-likeness (QED) is 0.334. The van der Waals surface area contributed by atoms with E-state index in [1.807, 2.05) is 24.5 Å². The number of aromatic nitrogens is 7. The molecule has 4 aromatic rings. The summed E-state index contributed by atoms with van der Waals surface area (Å²) in [5.41, 5.74) is 0.762. The summed E-state index contributed by atoms with van der Waals surface area (Å²) in [5.74, 6) is 1.26. The van der Waals surface area contributed by atoms with Gasteiger partial charge in [0, 0.05) is 37.1 Å². The summed E-state index contributed by atoms with van der Waals surface area (Å²) in [6, 6.07) is 10.5. The minimum atomic E-state index is -0.431. The number of ether oxygens (including phenoxy) is 2. The van der Waals surface area contributed by atoms with Crippen molar-refractivity contribution in [3.63, 3.8) is 0 Å². The van der Waals surface area contributed by atoms with E-state index in [2.05, 4.69) is 40.3 Å². The number of likely N-dealkylation sites (tertiary alicyclic amines) is 1. The van der Waals surface area contributed by atoms with Crippen molar-refractivity contribution in [3.05, 3.63) is 60.8 Å². The fraction of sp³-hybridized carbons (Fsp3) is 0.346. The van der Waals surface area contributed by atoms with Crippen molar-refractivity contribution < 1.29 is 14.3 Å². The van der Waals surface area contributed by atoms with E-state index >= 15 is 0 Å². The largest absolute Gasteiger partial charge is 0.462 e. The van der Waals surface area contributed by atoms with Crippen LogP contribution in [-0.2, 0) is 0 Å². The van der Waals surface area contributed by atoms with E-state index in [0.29, 0.717) is 35.6 Å². The van der Waals surface area contributed by atoms with Gasteiger partial charge in [0.1, 0.15) is 35.9 Å². The average molecular weight is 516 g/mol. The highest BCUT2D eigenvalue weighted by Gasteiger charge is 2.15. The second-order valence-electron chi connectivity index (χ2n) is 9.07. The first-order valence-corrected chi connectivity index (χ1v) is 12.6. The molecule has 196 valence electrons. The van der Waals surface area contributed by atoms with Crippen LogP contribution in [0.5, 0.6) is 17.6 Å². The molecule has 4 aromatic heterocycles. The Kier molecular flexibility index (Phi) is 7.78. The fourth-order valence-electron chi connectivity index (χ4n) is 4.06.